The standard InChI is InChI=1S/C24H37NO6S/c1-5-9-18-12-15-24(21(26)27,32(29,30)20-10-7-6-8-11-20)16-13-19(18)14-17-25-22(28)31-23(2,3)4/h6-8,10-11,18-19H,5,9,12-17H2,1-4H3,(H,25,28)(H,26,27). The second-order valence-corrected chi connectivity index (χ2v) is 12.0. The third-order valence-corrected chi connectivity index (χ3v) is 8.81. The van der Waals surface area contributed by atoms with Crippen molar-refractivity contribution in [3.8, 4) is 0 Å². The van der Waals surface area contributed by atoms with E-state index in [1.807, 2.05) is 0 Å². The molecule has 3 unspecified atom stereocenters. The quantitative estimate of drug-likeness (QED) is 0.531. The molecule has 0 spiro atoms. The van der Waals surface area contributed by atoms with Crippen LogP contribution in [0.5, 0.6) is 0 Å². The highest BCUT2D eigenvalue weighted by Crippen LogP contribution is 2.44. The lowest BCUT2D eigenvalue weighted by atomic mass is 9.82. The molecular weight excluding hydrogens is 430 g/mol. The van der Waals surface area contributed by atoms with Crippen molar-refractivity contribution < 1.29 is 27.9 Å². The van der Waals surface area contributed by atoms with E-state index < -0.39 is 32.2 Å². The van der Waals surface area contributed by atoms with Crippen molar-refractivity contribution in [2.75, 3.05) is 6.54 Å². The van der Waals surface area contributed by atoms with Crippen LogP contribution in [0.2, 0.25) is 0 Å². The molecule has 0 aliphatic heterocycles. The molecule has 1 fully saturated rings. The lowest BCUT2D eigenvalue weighted by Gasteiger charge is -2.28. The van der Waals surface area contributed by atoms with Gasteiger partial charge in [0, 0.05) is 6.54 Å². The van der Waals surface area contributed by atoms with Crippen LogP contribution in [0.1, 0.15) is 72.6 Å². The lowest BCUT2D eigenvalue weighted by Crippen LogP contribution is -2.46. The summed E-state index contributed by atoms with van der Waals surface area (Å²) >= 11 is 0. The Morgan fingerprint density at radius 3 is 2.16 bits per heavy atom. The number of amides is 1. The topological polar surface area (TPSA) is 110 Å². The number of carbonyl (C=O) groups is 2. The Labute approximate surface area is 191 Å². The molecule has 0 heterocycles. The molecule has 2 rings (SSSR count). The van der Waals surface area contributed by atoms with E-state index in [4.69, 9.17) is 4.74 Å². The van der Waals surface area contributed by atoms with Crippen LogP contribution in [0.3, 0.4) is 0 Å². The summed E-state index contributed by atoms with van der Waals surface area (Å²) in [5.41, 5.74) is -0.579. The van der Waals surface area contributed by atoms with Crippen LogP contribution in [0.25, 0.3) is 0 Å². The highest BCUT2D eigenvalue weighted by Gasteiger charge is 2.53. The van der Waals surface area contributed by atoms with E-state index >= 15 is 0 Å². The van der Waals surface area contributed by atoms with E-state index in [0.29, 0.717) is 25.8 Å². The molecule has 1 saturated carbocycles. The van der Waals surface area contributed by atoms with Gasteiger partial charge in [0.25, 0.3) is 0 Å². The highest BCUT2D eigenvalue weighted by molar-refractivity contribution is 7.93. The van der Waals surface area contributed by atoms with Crippen molar-refractivity contribution in [1.82, 2.24) is 5.32 Å². The van der Waals surface area contributed by atoms with E-state index in [9.17, 15) is 23.1 Å². The number of ether oxygens (including phenoxy) is 1. The number of carboxylic acid groups (broad SMARTS) is 1. The normalized spacial score (nSPS) is 24.4. The number of carbonyl (C=O) groups excluding carboxylic acids is 1. The van der Waals surface area contributed by atoms with Crippen molar-refractivity contribution in [3.05, 3.63) is 30.3 Å². The molecule has 1 aliphatic rings. The second-order valence-electron chi connectivity index (χ2n) is 9.72. The predicted molar refractivity (Wildman–Crippen MR) is 123 cm³/mol. The predicted octanol–water partition coefficient (Wildman–Crippen LogP) is 4.81. The molecule has 32 heavy (non-hydrogen) atoms. The molecule has 3 atom stereocenters. The minimum atomic E-state index is -4.05. The molecule has 0 saturated heterocycles. The molecule has 1 aliphatic carbocycles. The molecule has 1 aromatic rings. The molecule has 0 bridgehead atoms. The first kappa shape index (κ1) is 26.2. The fourth-order valence-corrected chi connectivity index (χ4v) is 6.63. The van der Waals surface area contributed by atoms with Crippen LogP contribution in [0.15, 0.2) is 35.2 Å². The minimum absolute atomic E-state index is 0.0551. The zero-order chi connectivity index (χ0) is 24.0. The van der Waals surface area contributed by atoms with Crippen molar-refractivity contribution in [2.24, 2.45) is 11.8 Å². The Kier molecular flexibility index (Phi) is 8.74. The molecular formula is C24H37NO6S. The Hall–Kier alpha value is -2.09. The molecule has 0 aromatic heterocycles. The van der Waals surface area contributed by atoms with Gasteiger partial charge < -0.3 is 15.2 Å². The van der Waals surface area contributed by atoms with Gasteiger partial charge in [-0.2, -0.15) is 0 Å². The molecule has 1 amide bonds. The van der Waals surface area contributed by atoms with E-state index in [1.165, 1.54) is 12.1 Å². The van der Waals surface area contributed by atoms with Gasteiger partial charge in [-0.25, -0.2) is 13.2 Å². The van der Waals surface area contributed by atoms with Crippen LogP contribution in [0.4, 0.5) is 4.79 Å². The number of hydrogen-bond acceptors (Lipinski definition) is 5. The molecule has 0 radical (unpaired) electrons. The number of nitrogens with one attached hydrogen (secondary N) is 1. The van der Waals surface area contributed by atoms with Crippen LogP contribution < -0.4 is 5.32 Å². The zero-order valence-electron chi connectivity index (χ0n) is 19.6. The fourth-order valence-electron chi connectivity index (χ4n) is 4.66. The molecule has 7 nitrogen and oxygen atoms in total. The highest BCUT2D eigenvalue weighted by atomic mass is 32.2. The molecule has 180 valence electrons. The maximum Gasteiger partial charge on any atom is 0.407 e. The van der Waals surface area contributed by atoms with Gasteiger partial charge in [0.05, 0.1) is 4.90 Å². The smallest absolute Gasteiger partial charge is 0.407 e. The summed E-state index contributed by atoms with van der Waals surface area (Å²) in [6.07, 6.45) is 3.19. The summed E-state index contributed by atoms with van der Waals surface area (Å²) in [4.78, 5) is 24.4. The summed E-state index contributed by atoms with van der Waals surface area (Å²) in [6, 6.07) is 7.88. The minimum Gasteiger partial charge on any atom is -0.480 e. The van der Waals surface area contributed by atoms with Gasteiger partial charge in [0.1, 0.15) is 5.60 Å². The first-order valence-corrected chi connectivity index (χ1v) is 12.9. The van der Waals surface area contributed by atoms with E-state index in [2.05, 4.69) is 12.2 Å². The summed E-state index contributed by atoms with van der Waals surface area (Å²) < 4.78 is 30.4. The number of aliphatic carboxylic acids is 1. The summed E-state index contributed by atoms with van der Waals surface area (Å²) in [7, 11) is -4.05. The van der Waals surface area contributed by atoms with Gasteiger partial charge >= 0.3 is 12.1 Å². The Morgan fingerprint density at radius 1 is 1.09 bits per heavy atom. The lowest BCUT2D eigenvalue weighted by molar-refractivity contribution is -0.140. The monoisotopic (exact) mass is 467 g/mol. The van der Waals surface area contributed by atoms with Crippen molar-refractivity contribution in [1.29, 1.82) is 0 Å². The van der Waals surface area contributed by atoms with Crippen molar-refractivity contribution in [3.63, 3.8) is 0 Å². The van der Waals surface area contributed by atoms with Gasteiger partial charge in [-0.05, 0) is 76.8 Å². The number of rotatable bonds is 8. The maximum atomic E-state index is 13.5. The van der Waals surface area contributed by atoms with Crippen molar-refractivity contribution in [2.45, 2.75) is 87.9 Å². The molecule has 1 aromatic carbocycles. The second kappa shape index (κ2) is 10.7. The van der Waals surface area contributed by atoms with Gasteiger partial charge in [0.15, 0.2) is 14.6 Å². The van der Waals surface area contributed by atoms with E-state index in [-0.39, 0.29) is 29.6 Å². The van der Waals surface area contributed by atoms with Gasteiger partial charge in [0.2, 0.25) is 0 Å². The number of hydrogen-bond donors (Lipinski definition) is 2. The van der Waals surface area contributed by atoms with Crippen LogP contribution in [-0.2, 0) is 19.4 Å². The van der Waals surface area contributed by atoms with Crippen molar-refractivity contribution >= 4 is 21.9 Å². The summed E-state index contributed by atoms with van der Waals surface area (Å²) in [5, 5.41) is 12.9. The van der Waals surface area contributed by atoms with Crippen LogP contribution in [0, 0.1) is 11.8 Å². The molecule has 8 heteroatoms. The summed E-state index contributed by atoms with van der Waals surface area (Å²) in [6.45, 7) is 7.88. The number of carboxylic acids is 1. The van der Waals surface area contributed by atoms with Crippen LogP contribution in [-0.4, -0.2) is 42.5 Å². The average molecular weight is 468 g/mol. The summed E-state index contributed by atoms with van der Waals surface area (Å²) in [5.74, 6) is -0.922. The molecule has 2 N–H and O–H groups in total. The largest absolute Gasteiger partial charge is 0.480 e. The first-order valence-electron chi connectivity index (χ1n) is 11.4. The zero-order valence-corrected chi connectivity index (χ0v) is 20.4. The number of alkyl carbamates (subject to hydrolysis) is 1. The number of benzene rings is 1. The van der Waals surface area contributed by atoms with Crippen LogP contribution >= 0.6 is 0 Å². The van der Waals surface area contributed by atoms with E-state index in [1.54, 1.807) is 39.0 Å². The Morgan fingerprint density at radius 2 is 1.66 bits per heavy atom. The third kappa shape index (κ3) is 6.24. The maximum absolute atomic E-state index is 13.5. The fraction of sp³-hybridized carbons (Fsp3) is 0.667. The van der Waals surface area contributed by atoms with Gasteiger partial charge in [-0.3, -0.25) is 4.79 Å². The number of sulfone groups is 1. The Balaban J connectivity index is 2.20. The van der Waals surface area contributed by atoms with Gasteiger partial charge in [-0.15, -0.1) is 0 Å². The van der Waals surface area contributed by atoms with Gasteiger partial charge in [-0.1, -0.05) is 38.0 Å². The Bertz CT molecular complexity index is 878. The average Bonchev–Trinajstić information content (AvgIpc) is 2.89. The first-order chi connectivity index (χ1) is 14.9. The SMILES string of the molecule is CCCC1CCC(C(=O)O)(S(=O)(=O)c2ccccc2)CCC1CCNC(=O)OC(C)(C)C. The van der Waals surface area contributed by atoms with E-state index in [0.717, 1.165) is 12.8 Å². The third-order valence-electron chi connectivity index (χ3n) is 6.31.